The first kappa shape index (κ1) is 14.3. The number of nitrogen functional groups attached to an aromatic ring is 1. The summed E-state index contributed by atoms with van der Waals surface area (Å²) in [5.41, 5.74) is 7.08. The summed E-state index contributed by atoms with van der Waals surface area (Å²) in [6, 6.07) is 5.40. The molecule has 0 fully saturated rings. The summed E-state index contributed by atoms with van der Waals surface area (Å²) in [5, 5.41) is 3.00. The number of rotatable bonds is 5. The molecule has 0 aliphatic carbocycles. The fraction of sp³-hybridized carbons (Fsp3) is 0.400. The number of anilines is 2. The molecule has 17 heavy (non-hydrogen) atoms. The van der Waals surface area contributed by atoms with Gasteiger partial charge in [-0.3, -0.25) is 0 Å². The van der Waals surface area contributed by atoms with Crippen LogP contribution < -0.4 is 11.1 Å². The third kappa shape index (κ3) is 4.18. The van der Waals surface area contributed by atoms with Crippen LogP contribution in [0, 0.1) is 0 Å². The molecule has 1 aromatic carbocycles. The maximum absolute atomic E-state index is 11.5. The van der Waals surface area contributed by atoms with Gasteiger partial charge in [0.1, 0.15) is 0 Å². The second kappa shape index (κ2) is 5.70. The minimum Gasteiger partial charge on any atom is -0.397 e. The average molecular weight is 322 g/mol. The molecule has 0 heterocycles. The fourth-order valence-electron chi connectivity index (χ4n) is 1.18. The van der Waals surface area contributed by atoms with Gasteiger partial charge in [0.05, 0.1) is 17.1 Å². The van der Waals surface area contributed by atoms with Crippen molar-refractivity contribution in [1.82, 2.24) is 4.31 Å². The third-order valence-corrected chi connectivity index (χ3v) is 4.57. The molecule has 3 N–H and O–H groups in total. The van der Waals surface area contributed by atoms with Crippen LogP contribution in [0.1, 0.15) is 0 Å². The van der Waals surface area contributed by atoms with Crippen molar-refractivity contribution in [2.75, 3.05) is 37.4 Å². The van der Waals surface area contributed by atoms with E-state index in [2.05, 4.69) is 21.2 Å². The predicted molar refractivity (Wildman–Crippen MR) is 74.5 cm³/mol. The highest BCUT2D eigenvalue weighted by atomic mass is 79.9. The molecule has 0 saturated heterocycles. The highest BCUT2D eigenvalue weighted by Crippen LogP contribution is 2.22. The van der Waals surface area contributed by atoms with Gasteiger partial charge in [0.2, 0.25) is 10.0 Å². The Bertz CT molecular complexity index is 488. The molecule has 1 aromatic rings. The second-order valence-electron chi connectivity index (χ2n) is 3.76. The number of hydrogen-bond acceptors (Lipinski definition) is 4. The van der Waals surface area contributed by atoms with Crippen molar-refractivity contribution in [3.8, 4) is 0 Å². The molecule has 0 aliphatic heterocycles. The van der Waals surface area contributed by atoms with E-state index in [1.54, 1.807) is 6.07 Å². The van der Waals surface area contributed by atoms with Crippen LogP contribution >= 0.6 is 15.9 Å². The second-order valence-corrected chi connectivity index (χ2v) is 6.97. The zero-order valence-electron chi connectivity index (χ0n) is 9.77. The van der Waals surface area contributed by atoms with Crippen LogP contribution in [-0.2, 0) is 10.0 Å². The lowest BCUT2D eigenvalue weighted by atomic mass is 10.3. The van der Waals surface area contributed by atoms with Gasteiger partial charge in [-0.2, -0.15) is 0 Å². The first-order valence-corrected chi connectivity index (χ1v) is 7.42. The molecule has 0 spiro atoms. The van der Waals surface area contributed by atoms with E-state index in [9.17, 15) is 8.42 Å². The lowest BCUT2D eigenvalue weighted by Gasteiger charge is -2.13. The largest absolute Gasteiger partial charge is 0.397 e. The molecule has 0 saturated carbocycles. The van der Waals surface area contributed by atoms with E-state index in [0.29, 0.717) is 12.2 Å². The van der Waals surface area contributed by atoms with Gasteiger partial charge in [0, 0.05) is 25.1 Å². The van der Waals surface area contributed by atoms with Crippen molar-refractivity contribution < 1.29 is 8.42 Å². The maximum Gasteiger partial charge on any atom is 0.215 e. The van der Waals surface area contributed by atoms with Crippen molar-refractivity contribution in [1.29, 1.82) is 0 Å². The number of halogens is 1. The first-order valence-electron chi connectivity index (χ1n) is 5.02. The Morgan fingerprint density at radius 2 is 2.06 bits per heavy atom. The average Bonchev–Trinajstić information content (AvgIpc) is 2.22. The van der Waals surface area contributed by atoms with Gasteiger partial charge in [-0.1, -0.05) is 15.9 Å². The van der Waals surface area contributed by atoms with Gasteiger partial charge >= 0.3 is 0 Å². The molecule has 0 aliphatic rings. The van der Waals surface area contributed by atoms with Gasteiger partial charge in [-0.15, -0.1) is 0 Å². The molecule has 0 radical (unpaired) electrons. The number of sulfonamides is 1. The molecule has 0 amide bonds. The smallest absolute Gasteiger partial charge is 0.215 e. The minimum absolute atomic E-state index is 0.0337. The Balaban J connectivity index is 2.60. The minimum atomic E-state index is -3.17. The number of benzene rings is 1. The Hall–Kier alpha value is -0.790. The molecular formula is C10H16BrN3O2S. The van der Waals surface area contributed by atoms with Crippen molar-refractivity contribution in [2.24, 2.45) is 0 Å². The fourth-order valence-corrected chi connectivity index (χ4v) is 2.27. The van der Waals surface area contributed by atoms with Crippen LogP contribution in [-0.4, -0.2) is 39.1 Å². The third-order valence-electron chi connectivity index (χ3n) is 2.25. The summed E-state index contributed by atoms with van der Waals surface area (Å²) in [5.74, 6) is 0.0337. The van der Waals surface area contributed by atoms with Crippen LogP contribution in [0.2, 0.25) is 0 Å². The standard InChI is InChI=1S/C10H16BrN3O2S/c1-14(2)17(15,16)6-5-13-10-7-8(11)3-4-9(10)12/h3-4,7,13H,5-6,12H2,1-2H3. The topological polar surface area (TPSA) is 75.4 Å². The molecule has 1 rings (SSSR count). The monoisotopic (exact) mass is 321 g/mol. The summed E-state index contributed by atoms with van der Waals surface area (Å²) >= 11 is 3.33. The van der Waals surface area contributed by atoms with Crippen LogP contribution in [0.4, 0.5) is 11.4 Å². The number of hydrogen-bond donors (Lipinski definition) is 2. The van der Waals surface area contributed by atoms with Gasteiger partial charge in [-0.25, -0.2) is 12.7 Å². The molecule has 0 aromatic heterocycles. The Morgan fingerprint density at radius 1 is 1.41 bits per heavy atom. The summed E-state index contributed by atoms with van der Waals surface area (Å²) in [7, 11) is -0.140. The van der Waals surface area contributed by atoms with Crippen LogP contribution in [0.15, 0.2) is 22.7 Å². The Kier molecular flexibility index (Phi) is 4.79. The molecular weight excluding hydrogens is 306 g/mol. The number of nitrogens with one attached hydrogen (secondary N) is 1. The molecule has 0 atom stereocenters. The van der Waals surface area contributed by atoms with E-state index in [4.69, 9.17) is 5.73 Å². The highest BCUT2D eigenvalue weighted by Gasteiger charge is 2.12. The first-order chi connectivity index (χ1) is 7.83. The quantitative estimate of drug-likeness (QED) is 0.802. The van der Waals surface area contributed by atoms with Crippen molar-refractivity contribution in [2.45, 2.75) is 0 Å². The molecule has 5 nitrogen and oxygen atoms in total. The summed E-state index contributed by atoms with van der Waals surface area (Å²) < 4.78 is 25.1. The van der Waals surface area contributed by atoms with E-state index in [0.717, 1.165) is 10.2 Å². The Labute approximate surface area is 110 Å². The van der Waals surface area contributed by atoms with Crippen molar-refractivity contribution >= 4 is 37.3 Å². The number of nitrogens with zero attached hydrogens (tertiary/aromatic N) is 1. The van der Waals surface area contributed by atoms with E-state index >= 15 is 0 Å². The van der Waals surface area contributed by atoms with Crippen LogP contribution in [0.5, 0.6) is 0 Å². The van der Waals surface area contributed by atoms with Gasteiger partial charge in [0.25, 0.3) is 0 Å². The summed E-state index contributed by atoms with van der Waals surface area (Å²) in [4.78, 5) is 0. The lowest BCUT2D eigenvalue weighted by Crippen LogP contribution is -2.28. The van der Waals surface area contributed by atoms with Crippen LogP contribution in [0.3, 0.4) is 0 Å². The molecule has 96 valence electrons. The SMILES string of the molecule is CN(C)S(=O)(=O)CCNc1cc(Br)ccc1N. The molecule has 0 bridgehead atoms. The molecule has 7 heteroatoms. The zero-order chi connectivity index (χ0) is 13.1. The predicted octanol–water partition coefficient (Wildman–Crippen LogP) is 1.33. The zero-order valence-corrected chi connectivity index (χ0v) is 12.2. The van der Waals surface area contributed by atoms with E-state index in [1.807, 2.05) is 12.1 Å². The molecule has 0 unspecified atom stereocenters. The maximum atomic E-state index is 11.5. The van der Waals surface area contributed by atoms with Gasteiger partial charge < -0.3 is 11.1 Å². The number of nitrogens with two attached hydrogens (primary N) is 1. The van der Waals surface area contributed by atoms with E-state index < -0.39 is 10.0 Å². The van der Waals surface area contributed by atoms with Gasteiger partial charge in [0.15, 0.2) is 0 Å². The summed E-state index contributed by atoms with van der Waals surface area (Å²) in [6.07, 6.45) is 0. The van der Waals surface area contributed by atoms with Crippen molar-refractivity contribution in [3.05, 3.63) is 22.7 Å². The van der Waals surface area contributed by atoms with E-state index in [-0.39, 0.29) is 5.75 Å². The Morgan fingerprint density at radius 3 is 2.65 bits per heavy atom. The highest BCUT2D eigenvalue weighted by molar-refractivity contribution is 9.10. The summed E-state index contributed by atoms with van der Waals surface area (Å²) in [6.45, 7) is 0.321. The van der Waals surface area contributed by atoms with E-state index in [1.165, 1.54) is 18.4 Å². The lowest BCUT2D eigenvalue weighted by molar-refractivity contribution is 0.521. The van der Waals surface area contributed by atoms with Crippen molar-refractivity contribution in [3.63, 3.8) is 0 Å². The normalized spacial score (nSPS) is 11.8. The van der Waals surface area contributed by atoms with Crippen LogP contribution in [0.25, 0.3) is 0 Å². The van der Waals surface area contributed by atoms with Gasteiger partial charge in [-0.05, 0) is 18.2 Å².